The molecule has 0 unspecified atom stereocenters. The van der Waals surface area contributed by atoms with Gasteiger partial charge in [0.25, 0.3) is 0 Å². The lowest BCUT2D eigenvalue weighted by atomic mass is 10.2. The average molecular weight is 267 g/mol. The molecule has 18 heavy (non-hydrogen) atoms. The van der Waals surface area contributed by atoms with E-state index in [9.17, 15) is 0 Å². The van der Waals surface area contributed by atoms with Gasteiger partial charge in [-0.25, -0.2) is 0 Å². The fraction of sp³-hybridized carbons (Fsp3) is 0.571. The third-order valence-electron chi connectivity index (χ3n) is 2.89. The molecule has 2 rings (SSSR count). The van der Waals surface area contributed by atoms with Crippen LogP contribution in [0.25, 0.3) is 0 Å². The van der Waals surface area contributed by atoms with E-state index in [1.807, 2.05) is 17.8 Å². The first-order valence-corrected chi connectivity index (χ1v) is 7.88. The van der Waals surface area contributed by atoms with Crippen molar-refractivity contribution in [2.75, 3.05) is 31.8 Å². The van der Waals surface area contributed by atoms with Crippen molar-refractivity contribution in [1.29, 1.82) is 0 Å². The number of benzene rings is 1. The van der Waals surface area contributed by atoms with Crippen LogP contribution in [0.5, 0.6) is 11.5 Å². The molecule has 1 aliphatic rings. The van der Waals surface area contributed by atoms with E-state index in [0.29, 0.717) is 13.2 Å². The van der Waals surface area contributed by atoms with E-state index in [4.69, 9.17) is 9.47 Å². The van der Waals surface area contributed by atoms with E-state index >= 15 is 0 Å². The van der Waals surface area contributed by atoms with E-state index in [1.54, 1.807) is 0 Å². The number of rotatable bonds is 7. The standard InChI is InChI=1S/C14H21NO2S/c1-18-9-3-2-6-15-11-12-4-5-13-14(10-12)17-8-7-16-13/h4-5,10,15H,2-3,6-9,11H2,1H3. The van der Waals surface area contributed by atoms with E-state index in [-0.39, 0.29) is 0 Å². The van der Waals surface area contributed by atoms with E-state index in [0.717, 1.165) is 24.6 Å². The van der Waals surface area contributed by atoms with Gasteiger partial charge in [0.15, 0.2) is 11.5 Å². The van der Waals surface area contributed by atoms with Crippen molar-refractivity contribution >= 4 is 11.8 Å². The van der Waals surface area contributed by atoms with Gasteiger partial charge in [0.2, 0.25) is 0 Å². The lowest BCUT2D eigenvalue weighted by Crippen LogP contribution is -2.17. The van der Waals surface area contributed by atoms with E-state index < -0.39 is 0 Å². The molecule has 1 aromatic rings. The van der Waals surface area contributed by atoms with Gasteiger partial charge in [-0.1, -0.05) is 6.07 Å². The quantitative estimate of drug-likeness (QED) is 0.769. The number of ether oxygens (including phenoxy) is 2. The molecule has 1 N–H and O–H groups in total. The van der Waals surface area contributed by atoms with Gasteiger partial charge in [0.1, 0.15) is 13.2 Å². The molecular weight excluding hydrogens is 246 g/mol. The lowest BCUT2D eigenvalue weighted by Gasteiger charge is -2.19. The van der Waals surface area contributed by atoms with Gasteiger partial charge >= 0.3 is 0 Å². The highest BCUT2D eigenvalue weighted by molar-refractivity contribution is 7.98. The van der Waals surface area contributed by atoms with Crippen molar-refractivity contribution in [2.24, 2.45) is 0 Å². The average Bonchev–Trinajstić information content (AvgIpc) is 2.42. The second-order valence-electron chi connectivity index (χ2n) is 4.35. The number of hydrogen-bond acceptors (Lipinski definition) is 4. The molecule has 0 saturated heterocycles. The maximum absolute atomic E-state index is 5.57. The summed E-state index contributed by atoms with van der Waals surface area (Å²) < 4.78 is 11.1. The summed E-state index contributed by atoms with van der Waals surface area (Å²) in [5.74, 6) is 3.00. The summed E-state index contributed by atoms with van der Waals surface area (Å²) in [6, 6.07) is 6.17. The first-order chi connectivity index (χ1) is 8.90. The summed E-state index contributed by atoms with van der Waals surface area (Å²) in [7, 11) is 0. The van der Waals surface area contributed by atoms with Gasteiger partial charge in [0.05, 0.1) is 0 Å². The summed E-state index contributed by atoms with van der Waals surface area (Å²) in [5.41, 5.74) is 1.25. The van der Waals surface area contributed by atoms with E-state index in [2.05, 4.69) is 23.7 Å². The minimum atomic E-state index is 0.651. The van der Waals surface area contributed by atoms with Crippen LogP contribution >= 0.6 is 11.8 Å². The summed E-state index contributed by atoms with van der Waals surface area (Å²) in [6.07, 6.45) is 4.68. The number of nitrogens with one attached hydrogen (secondary N) is 1. The Kier molecular flexibility index (Phi) is 5.68. The smallest absolute Gasteiger partial charge is 0.161 e. The zero-order chi connectivity index (χ0) is 12.6. The molecule has 3 nitrogen and oxygen atoms in total. The Morgan fingerprint density at radius 2 is 2.00 bits per heavy atom. The Labute approximate surface area is 113 Å². The predicted octanol–water partition coefficient (Wildman–Crippen LogP) is 2.69. The van der Waals surface area contributed by atoms with Gasteiger partial charge < -0.3 is 14.8 Å². The van der Waals surface area contributed by atoms with Crippen molar-refractivity contribution in [2.45, 2.75) is 19.4 Å². The molecule has 4 heteroatoms. The largest absolute Gasteiger partial charge is 0.486 e. The van der Waals surface area contributed by atoms with Gasteiger partial charge in [-0.15, -0.1) is 0 Å². The molecular formula is C14H21NO2S. The number of thioether (sulfide) groups is 1. The summed E-state index contributed by atoms with van der Waals surface area (Å²) in [4.78, 5) is 0. The Bertz CT molecular complexity index is 371. The third kappa shape index (κ3) is 4.10. The minimum Gasteiger partial charge on any atom is -0.486 e. The normalized spacial score (nSPS) is 13.6. The van der Waals surface area contributed by atoms with Gasteiger partial charge in [-0.3, -0.25) is 0 Å². The van der Waals surface area contributed by atoms with Crippen LogP contribution in [0.3, 0.4) is 0 Å². The first kappa shape index (κ1) is 13.6. The molecule has 1 aromatic carbocycles. The Morgan fingerprint density at radius 3 is 2.83 bits per heavy atom. The SMILES string of the molecule is CSCCCCNCc1ccc2c(c1)OCCO2. The Balaban J connectivity index is 1.72. The molecule has 0 radical (unpaired) electrons. The van der Waals surface area contributed by atoms with Crippen LogP contribution in [0.4, 0.5) is 0 Å². The van der Waals surface area contributed by atoms with Crippen molar-refractivity contribution in [3.05, 3.63) is 23.8 Å². The molecule has 0 atom stereocenters. The molecule has 0 bridgehead atoms. The minimum absolute atomic E-state index is 0.651. The highest BCUT2D eigenvalue weighted by atomic mass is 32.2. The Hall–Kier alpha value is -0.870. The van der Waals surface area contributed by atoms with Crippen LogP contribution < -0.4 is 14.8 Å². The van der Waals surface area contributed by atoms with Crippen molar-refractivity contribution in [3.63, 3.8) is 0 Å². The third-order valence-corrected chi connectivity index (χ3v) is 3.58. The van der Waals surface area contributed by atoms with Gasteiger partial charge in [-0.05, 0) is 49.1 Å². The predicted molar refractivity (Wildman–Crippen MR) is 76.8 cm³/mol. The molecule has 0 saturated carbocycles. The van der Waals surface area contributed by atoms with Crippen molar-refractivity contribution in [1.82, 2.24) is 5.32 Å². The zero-order valence-corrected chi connectivity index (χ0v) is 11.7. The maximum Gasteiger partial charge on any atom is 0.161 e. The molecule has 0 aromatic heterocycles. The van der Waals surface area contributed by atoms with E-state index in [1.165, 1.54) is 24.2 Å². The molecule has 0 aliphatic carbocycles. The van der Waals surface area contributed by atoms with Crippen LogP contribution in [-0.4, -0.2) is 31.8 Å². The highest BCUT2D eigenvalue weighted by Gasteiger charge is 2.11. The molecule has 0 spiro atoms. The van der Waals surface area contributed by atoms with Crippen LogP contribution in [0.15, 0.2) is 18.2 Å². The second kappa shape index (κ2) is 7.54. The number of hydrogen-bond donors (Lipinski definition) is 1. The summed E-state index contributed by atoms with van der Waals surface area (Å²) in [5, 5.41) is 3.46. The summed E-state index contributed by atoms with van der Waals surface area (Å²) in [6.45, 7) is 3.28. The maximum atomic E-state index is 5.57. The molecule has 1 aliphatic heterocycles. The van der Waals surface area contributed by atoms with Crippen LogP contribution in [0.1, 0.15) is 18.4 Å². The van der Waals surface area contributed by atoms with Crippen molar-refractivity contribution < 1.29 is 9.47 Å². The second-order valence-corrected chi connectivity index (χ2v) is 5.34. The fourth-order valence-corrected chi connectivity index (χ4v) is 2.42. The van der Waals surface area contributed by atoms with Gasteiger partial charge in [-0.2, -0.15) is 11.8 Å². The Morgan fingerprint density at radius 1 is 1.17 bits per heavy atom. The molecule has 0 fully saturated rings. The first-order valence-electron chi connectivity index (χ1n) is 6.48. The summed E-state index contributed by atoms with van der Waals surface area (Å²) >= 11 is 1.91. The molecule has 100 valence electrons. The number of fused-ring (bicyclic) bond motifs is 1. The van der Waals surface area contributed by atoms with Crippen LogP contribution in [-0.2, 0) is 6.54 Å². The monoisotopic (exact) mass is 267 g/mol. The number of unbranched alkanes of at least 4 members (excludes halogenated alkanes) is 1. The highest BCUT2D eigenvalue weighted by Crippen LogP contribution is 2.30. The zero-order valence-electron chi connectivity index (χ0n) is 10.9. The van der Waals surface area contributed by atoms with Gasteiger partial charge in [0, 0.05) is 6.54 Å². The molecule has 1 heterocycles. The fourth-order valence-electron chi connectivity index (χ4n) is 1.93. The van der Waals surface area contributed by atoms with Crippen molar-refractivity contribution in [3.8, 4) is 11.5 Å². The topological polar surface area (TPSA) is 30.5 Å². The van der Waals surface area contributed by atoms with Crippen LogP contribution in [0, 0.1) is 0 Å². The lowest BCUT2D eigenvalue weighted by molar-refractivity contribution is 0.171. The van der Waals surface area contributed by atoms with Crippen LogP contribution in [0.2, 0.25) is 0 Å². The molecule has 0 amide bonds.